The van der Waals surface area contributed by atoms with Gasteiger partial charge in [0.2, 0.25) is 0 Å². The zero-order chi connectivity index (χ0) is 31.0. The van der Waals surface area contributed by atoms with Crippen LogP contribution in [0.4, 0.5) is 23.2 Å². The third-order valence-corrected chi connectivity index (χ3v) is 7.10. The number of ether oxygens (including phenoxy) is 2. The van der Waals surface area contributed by atoms with Crippen molar-refractivity contribution in [2.24, 2.45) is 0 Å². The summed E-state index contributed by atoms with van der Waals surface area (Å²) in [6, 6.07) is 5.32. The fraction of sp³-hybridized carbons (Fsp3) is 0.346. The number of carbonyl (C=O) groups excluding carboxylic acids is 1. The molecule has 0 atom stereocenters. The predicted molar refractivity (Wildman–Crippen MR) is 145 cm³/mol. The number of tetrazole rings is 1. The maximum Gasteiger partial charge on any atom is 0.387 e. The highest BCUT2D eigenvalue weighted by atomic mass is 19.3. The van der Waals surface area contributed by atoms with E-state index in [-0.39, 0.29) is 52.2 Å². The molecule has 0 unspecified atom stereocenters. The van der Waals surface area contributed by atoms with Crippen LogP contribution < -0.4 is 14.8 Å². The van der Waals surface area contributed by atoms with Gasteiger partial charge in [-0.2, -0.15) is 32.6 Å². The third kappa shape index (κ3) is 6.01. The van der Waals surface area contributed by atoms with Gasteiger partial charge in [-0.15, -0.1) is 10.2 Å². The van der Waals surface area contributed by atoms with Gasteiger partial charge in [-0.3, -0.25) is 9.48 Å². The van der Waals surface area contributed by atoms with E-state index in [9.17, 15) is 22.4 Å². The number of halogens is 4. The lowest BCUT2D eigenvalue weighted by molar-refractivity contribution is -0.0526. The van der Waals surface area contributed by atoms with Gasteiger partial charge in [-0.05, 0) is 56.4 Å². The van der Waals surface area contributed by atoms with Crippen LogP contribution in [-0.4, -0.2) is 88.8 Å². The Morgan fingerprint density at radius 3 is 2.68 bits per heavy atom. The summed E-state index contributed by atoms with van der Waals surface area (Å²) in [6.45, 7) is -6.43. The summed E-state index contributed by atoms with van der Waals surface area (Å²) in [6.07, 6.45) is 7.57. The molecule has 1 aliphatic carbocycles. The van der Waals surface area contributed by atoms with E-state index in [1.165, 1.54) is 27.8 Å². The lowest BCUT2D eigenvalue weighted by Crippen LogP contribution is -2.42. The van der Waals surface area contributed by atoms with E-state index >= 15 is 0 Å². The number of benzene rings is 1. The summed E-state index contributed by atoms with van der Waals surface area (Å²) in [5, 5.41) is 24.0. The number of anilines is 1. The molecule has 0 spiro atoms. The van der Waals surface area contributed by atoms with Crippen molar-refractivity contribution in [1.29, 1.82) is 0 Å². The first-order valence-electron chi connectivity index (χ1n) is 13.3. The number of aromatic nitrogens is 9. The number of alkyl halides is 4. The Morgan fingerprint density at radius 1 is 1.14 bits per heavy atom. The van der Waals surface area contributed by atoms with Crippen molar-refractivity contribution in [2.75, 3.05) is 19.4 Å². The molecule has 18 heteroatoms. The second-order valence-corrected chi connectivity index (χ2v) is 10.2. The van der Waals surface area contributed by atoms with Gasteiger partial charge >= 0.3 is 13.2 Å². The quantitative estimate of drug-likeness (QED) is 0.220. The molecule has 230 valence electrons. The molecule has 1 saturated carbocycles. The van der Waals surface area contributed by atoms with Crippen LogP contribution >= 0.6 is 0 Å². The topological polar surface area (TPSA) is 142 Å². The van der Waals surface area contributed by atoms with Gasteiger partial charge in [0.15, 0.2) is 11.5 Å². The van der Waals surface area contributed by atoms with E-state index in [4.69, 9.17) is 0 Å². The Kier molecular flexibility index (Phi) is 7.81. The highest BCUT2D eigenvalue weighted by Crippen LogP contribution is 2.38. The van der Waals surface area contributed by atoms with Crippen LogP contribution in [-0.2, 0) is 6.54 Å². The maximum atomic E-state index is 13.3. The minimum Gasteiger partial charge on any atom is -0.435 e. The third-order valence-electron chi connectivity index (χ3n) is 7.10. The second kappa shape index (κ2) is 11.9. The van der Waals surface area contributed by atoms with Crippen molar-refractivity contribution >= 4 is 17.2 Å². The van der Waals surface area contributed by atoms with Gasteiger partial charge in [0.25, 0.3) is 5.91 Å². The van der Waals surface area contributed by atoms with Crippen LogP contribution in [0, 0.1) is 0 Å². The molecule has 14 nitrogen and oxygen atoms in total. The molecular weight excluding hydrogens is 590 g/mol. The van der Waals surface area contributed by atoms with E-state index in [1.54, 1.807) is 17.1 Å². The molecule has 1 amide bonds. The summed E-state index contributed by atoms with van der Waals surface area (Å²) in [4.78, 5) is 21.2. The average molecular weight is 616 g/mol. The Bertz CT molecular complexity index is 1780. The summed E-state index contributed by atoms with van der Waals surface area (Å²) in [5.74, 6) is -1.06. The molecular formula is C26H25F4N11O3. The van der Waals surface area contributed by atoms with Crippen molar-refractivity contribution in [3.05, 3.63) is 60.4 Å². The standard InChI is InChI=1S/C26H25F4N11O3/c1-38(2)14-8-15(9-14)41-35-21(34-37-41)13-39-12-19(33-24(42)18-11-32-40-7-3-6-31-23(18)40)22(36-39)17-10-16(43-25(27)28)4-5-20(17)44-26(29)30/h3-7,10-12,14-15,25-26H,8-9,13H2,1-2H3,(H,33,42)/t14-,15-. The molecule has 1 aromatic carbocycles. The van der Waals surface area contributed by atoms with Crippen LogP contribution in [0.3, 0.4) is 0 Å². The summed E-state index contributed by atoms with van der Waals surface area (Å²) < 4.78 is 64.5. The molecule has 0 saturated heterocycles. The lowest BCUT2D eigenvalue weighted by Gasteiger charge is -2.38. The Hall–Kier alpha value is -5.13. The van der Waals surface area contributed by atoms with E-state index in [0.29, 0.717) is 11.9 Å². The highest BCUT2D eigenvalue weighted by molar-refractivity contribution is 6.09. The fourth-order valence-corrected chi connectivity index (χ4v) is 4.83. The smallest absolute Gasteiger partial charge is 0.387 e. The van der Waals surface area contributed by atoms with Gasteiger partial charge in [0, 0.05) is 24.6 Å². The van der Waals surface area contributed by atoms with Gasteiger partial charge in [-0.25, -0.2) is 9.50 Å². The Balaban J connectivity index is 1.35. The minimum atomic E-state index is -3.24. The largest absolute Gasteiger partial charge is 0.435 e. The zero-order valence-corrected chi connectivity index (χ0v) is 23.3. The second-order valence-electron chi connectivity index (χ2n) is 10.2. The van der Waals surface area contributed by atoms with E-state index < -0.39 is 19.1 Å². The zero-order valence-electron chi connectivity index (χ0n) is 23.3. The summed E-state index contributed by atoms with van der Waals surface area (Å²) in [5.41, 5.74) is 0.207. The maximum absolute atomic E-state index is 13.3. The molecule has 1 fully saturated rings. The number of hydrogen-bond donors (Lipinski definition) is 1. The molecule has 0 bridgehead atoms. The molecule has 1 N–H and O–H groups in total. The molecule has 0 aliphatic heterocycles. The Morgan fingerprint density at radius 2 is 1.93 bits per heavy atom. The first-order chi connectivity index (χ1) is 21.1. The van der Waals surface area contributed by atoms with Gasteiger partial charge in [0.1, 0.15) is 29.3 Å². The lowest BCUT2D eigenvalue weighted by atomic mass is 9.86. The molecule has 5 aromatic rings. The van der Waals surface area contributed by atoms with E-state index in [1.807, 2.05) is 14.1 Å². The van der Waals surface area contributed by atoms with Crippen LogP contribution in [0.5, 0.6) is 11.5 Å². The van der Waals surface area contributed by atoms with Crippen LogP contribution in [0.1, 0.15) is 35.1 Å². The average Bonchev–Trinajstić information content (AvgIpc) is 3.67. The molecule has 44 heavy (non-hydrogen) atoms. The number of hydrogen-bond acceptors (Lipinski definition) is 10. The van der Waals surface area contributed by atoms with Crippen molar-refractivity contribution < 1.29 is 31.8 Å². The van der Waals surface area contributed by atoms with Crippen LogP contribution in [0.25, 0.3) is 16.9 Å². The van der Waals surface area contributed by atoms with Gasteiger partial charge < -0.3 is 19.7 Å². The number of carbonyl (C=O) groups is 1. The van der Waals surface area contributed by atoms with Crippen molar-refractivity contribution in [3.63, 3.8) is 0 Å². The van der Waals surface area contributed by atoms with Crippen LogP contribution in [0.2, 0.25) is 0 Å². The number of rotatable bonds is 11. The first-order valence-corrected chi connectivity index (χ1v) is 13.3. The number of fused-ring (bicyclic) bond motifs is 1. The Labute approximate surface area is 246 Å². The van der Waals surface area contributed by atoms with Crippen LogP contribution in [0.15, 0.2) is 49.1 Å². The molecule has 1 aliphatic rings. The van der Waals surface area contributed by atoms with Crippen molar-refractivity contribution in [1.82, 2.24) is 49.5 Å². The number of nitrogens with one attached hydrogen (secondary N) is 1. The molecule has 0 radical (unpaired) electrons. The number of nitrogens with zero attached hydrogens (tertiary/aromatic N) is 10. The SMILES string of the molecule is CN(C)[C@H]1C[C@H](n2nnc(Cn3cc(NC(=O)c4cnn5cccnc45)c(-c4cc(OC(F)F)ccc4OC(F)F)n3)n2)C1. The predicted octanol–water partition coefficient (Wildman–Crippen LogP) is 3.35. The fourth-order valence-electron chi connectivity index (χ4n) is 4.83. The van der Waals surface area contributed by atoms with Crippen molar-refractivity contribution in [2.45, 2.75) is 44.7 Å². The van der Waals surface area contributed by atoms with Gasteiger partial charge in [-0.1, -0.05) is 0 Å². The number of amides is 1. The van der Waals surface area contributed by atoms with Gasteiger partial charge in [0.05, 0.1) is 23.5 Å². The molecule has 4 heterocycles. The monoisotopic (exact) mass is 615 g/mol. The molecule has 6 rings (SSSR count). The summed E-state index contributed by atoms with van der Waals surface area (Å²) in [7, 11) is 4.01. The van der Waals surface area contributed by atoms with E-state index in [0.717, 1.165) is 31.0 Å². The highest BCUT2D eigenvalue weighted by Gasteiger charge is 2.33. The first kappa shape index (κ1) is 29.0. The normalized spacial score (nSPS) is 16.6. The van der Waals surface area contributed by atoms with Crippen molar-refractivity contribution in [3.8, 4) is 22.8 Å². The minimum absolute atomic E-state index is 0.0107. The summed E-state index contributed by atoms with van der Waals surface area (Å²) >= 11 is 0. The molecule has 4 aromatic heterocycles. The van der Waals surface area contributed by atoms with E-state index in [2.05, 4.69) is 50.3 Å².